The zero-order chi connectivity index (χ0) is 11.6. The third-order valence-corrected chi connectivity index (χ3v) is 2.10. The van der Waals surface area contributed by atoms with Gasteiger partial charge in [-0.15, -0.1) is 0 Å². The van der Waals surface area contributed by atoms with Crippen LogP contribution in [0, 0.1) is 15.5 Å². The Morgan fingerprint density at radius 3 is 2.31 bits per heavy atom. The van der Waals surface area contributed by atoms with Crippen molar-refractivity contribution in [2.45, 2.75) is 26.2 Å². The summed E-state index contributed by atoms with van der Waals surface area (Å²) in [6.45, 7) is 5.68. The maximum absolute atomic E-state index is 10.8. The summed E-state index contributed by atoms with van der Waals surface area (Å²) < 4.78 is 0. The van der Waals surface area contributed by atoms with Gasteiger partial charge in [0.2, 0.25) is 5.39 Å². The maximum atomic E-state index is 10.8. The second-order valence-corrected chi connectivity index (χ2v) is 4.31. The summed E-state index contributed by atoms with van der Waals surface area (Å²) in [5.74, 6) is 0. The molecule has 5 nitrogen and oxygen atoms in total. The van der Waals surface area contributed by atoms with Crippen LogP contribution in [0.15, 0.2) is 18.2 Å². The number of nitrogens with zero attached hydrogens (tertiary/aromatic N) is 3. The van der Waals surface area contributed by atoms with Gasteiger partial charge in [0.05, 0.1) is 4.92 Å². The molecule has 1 aromatic rings. The quantitative estimate of drug-likeness (QED) is 0.405. The van der Waals surface area contributed by atoms with Crippen LogP contribution in [0.2, 0.25) is 0 Å². The molecule has 1 aromatic carbocycles. The zero-order valence-electron chi connectivity index (χ0n) is 9.27. The van der Waals surface area contributed by atoms with Gasteiger partial charge in [0.25, 0.3) is 5.69 Å². The monoisotopic (exact) mass is 241 g/mol. The Morgan fingerprint density at radius 1 is 1.38 bits per heavy atom. The fraction of sp³-hybridized carbons (Fsp3) is 0.400. The largest absolute Gasteiger partial charge is 1.00 e. The number of nitro groups is 1. The third kappa shape index (κ3) is 2.91. The first-order valence-corrected chi connectivity index (χ1v) is 4.50. The molecule has 0 fully saturated rings. The van der Waals surface area contributed by atoms with Crippen LogP contribution in [0.1, 0.15) is 26.3 Å². The molecule has 0 atom stereocenters. The lowest BCUT2D eigenvalue weighted by molar-refractivity contribution is -0.385. The molecule has 1 rings (SSSR count). The van der Waals surface area contributed by atoms with Crippen LogP contribution in [-0.2, 0) is 5.41 Å². The highest BCUT2D eigenvalue weighted by molar-refractivity contribution is 5.57. The highest BCUT2D eigenvalue weighted by Gasteiger charge is 2.27. The van der Waals surface area contributed by atoms with Crippen molar-refractivity contribution in [1.29, 1.82) is 5.39 Å². The normalized spacial score (nSPS) is 10.1. The van der Waals surface area contributed by atoms with Crippen LogP contribution in [0.4, 0.5) is 11.4 Å². The van der Waals surface area contributed by atoms with Crippen LogP contribution in [-0.4, -0.2) is 4.92 Å². The summed E-state index contributed by atoms with van der Waals surface area (Å²) in [6, 6.07) is 4.43. The first-order valence-electron chi connectivity index (χ1n) is 4.50. The predicted molar refractivity (Wildman–Crippen MR) is 56.5 cm³/mol. The molecule has 0 aliphatic carbocycles. The van der Waals surface area contributed by atoms with Crippen LogP contribution >= 0.6 is 0 Å². The van der Waals surface area contributed by atoms with Crippen molar-refractivity contribution in [3.05, 3.63) is 38.9 Å². The van der Waals surface area contributed by atoms with E-state index in [1.54, 1.807) is 12.1 Å². The summed E-state index contributed by atoms with van der Waals surface area (Å²) in [5, 5.41) is 19.4. The zero-order valence-corrected chi connectivity index (χ0v) is 10.0. The molecule has 0 aliphatic rings. The number of nitro benzene ring substituents is 1. The van der Waals surface area contributed by atoms with E-state index in [2.05, 4.69) is 4.98 Å². The van der Waals surface area contributed by atoms with Gasteiger partial charge in [-0.1, -0.05) is 20.8 Å². The summed E-state index contributed by atoms with van der Waals surface area (Å²) in [6.07, 6.45) is 0. The first-order chi connectivity index (χ1) is 6.86. The van der Waals surface area contributed by atoms with E-state index in [4.69, 9.17) is 5.39 Å². The fourth-order valence-electron chi connectivity index (χ4n) is 1.37. The van der Waals surface area contributed by atoms with E-state index < -0.39 is 4.92 Å². The molecule has 0 heterocycles. The van der Waals surface area contributed by atoms with E-state index in [0.717, 1.165) is 0 Å². The highest BCUT2D eigenvalue weighted by Crippen LogP contribution is 2.33. The number of halogens is 1. The standard InChI is InChI=1S/C10H12N3O2.ClH/c1-10(2,3)8-5-4-7(12-11)6-9(8)13(14)15;/h4-6H,1-3H3;1H/q+1;/p-1. The fourth-order valence-corrected chi connectivity index (χ4v) is 1.37. The Kier molecular flexibility index (Phi) is 4.39. The number of hydrogen-bond acceptors (Lipinski definition) is 3. The van der Waals surface area contributed by atoms with Gasteiger partial charge in [0.1, 0.15) is 6.07 Å². The minimum Gasteiger partial charge on any atom is -1.00 e. The lowest BCUT2D eigenvalue weighted by atomic mass is 9.86. The van der Waals surface area contributed by atoms with E-state index in [-0.39, 0.29) is 29.2 Å². The van der Waals surface area contributed by atoms with Gasteiger partial charge in [-0.3, -0.25) is 10.1 Å². The summed E-state index contributed by atoms with van der Waals surface area (Å²) in [7, 11) is 0. The average molecular weight is 242 g/mol. The van der Waals surface area contributed by atoms with Crippen LogP contribution in [0.25, 0.3) is 4.98 Å². The molecule has 0 aromatic heterocycles. The lowest BCUT2D eigenvalue weighted by Gasteiger charge is -2.17. The molecule has 0 aliphatic heterocycles. The van der Waals surface area contributed by atoms with Gasteiger partial charge in [0, 0.05) is 11.6 Å². The van der Waals surface area contributed by atoms with Gasteiger partial charge in [-0.05, 0) is 11.5 Å². The van der Waals surface area contributed by atoms with E-state index in [1.165, 1.54) is 6.07 Å². The molecule has 0 unspecified atom stereocenters. The van der Waals surface area contributed by atoms with E-state index >= 15 is 0 Å². The van der Waals surface area contributed by atoms with Crippen molar-refractivity contribution >= 4 is 11.4 Å². The summed E-state index contributed by atoms with van der Waals surface area (Å²) in [5.41, 5.74) is 0.489. The van der Waals surface area contributed by atoms with Crippen molar-refractivity contribution in [3.8, 4) is 0 Å². The Hall–Kier alpha value is -1.67. The molecule has 0 N–H and O–H groups in total. The topological polar surface area (TPSA) is 71.3 Å². The van der Waals surface area contributed by atoms with Gasteiger partial charge >= 0.3 is 5.69 Å². The second kappa shape index (κ2) is 4.90. The number of benzene rings is 1. The Labute approximate surface area is 99.7 Å². The molecule has 0 saturated carbocycles. The van der Waals surface area contributed by atoms with Crippen molar-refractivity contribution in [2.24, 2.45) is 0 Å². The van der Waals surface area contributed by atoms with E-state index in [9.17, 15) is 10.1 Å². The summed E-state index contributed by atoms with van der Waals surface area (Å²) >= 11 is 0. The van der Waals surface area contributed by atoms with Crippen molar-refractivity contribution in [2.75, 3.05) is 0 Å². The molecule has 0 amide bonds. The molecular weight excluding hydrogens is 230 g/mol. The number of rotatable bonds is 1. The van der Waals surface area contributed by atoms with Gasteiger partial charge in [0.15, 0.2) is 4.98 Å². The second-order valence-electron chi connectivity index (χ2n) is 4.31. The van der Waals surface area contributed by atoms with E-state index in [0.29, 0.717) is 5.56 Å². The van der Waals surface area contributed by atoms with Crippen molar-refractivity contribution in [1.82, 2.24) is 0 Å². The van der Waals surface area contributed by atoms with Crippen LogP contribution < -0.4 is 12.4 Å². The Bertz CT molecular complexity index is 446. The molecule has 0 saturated heterocycles. The molecule has 6 heteroatoms. The molecule has 86 valence electrons. The van der Waals surface area contributed by atoms with Crippen LogP contribution in [0.5, 0.6) is 0 Å². The smallest absolute Gasteiger partial charge is 0.391 e. The maximum Gasteiger partial charge on any atom is 0.391 e. The molecule has 0 bridgehead atoms. The third-order valence-electron chi connectivity index (χ3n) is 2.10. The van der Waals surface area contributed by atoms with E-state index in [1.807, 2.05) is 20.8 Å². The summed E-state index contributed by atoms with van der Waals surface area (Å²) in [4.78, 5) is 13.3. The van der Waals surface area contributed by atoms with Crippen molar-refractivity contribution < 1.29 is 17.3 Å². The van der Waals surface area contributed by atoms with Gasteiger partial charge in [-0.2, -0.15) is 0 Å². The molecule has 16 heavy (non-hydrogen) atoms. The number of diazo groups is 1. The SMILES string of the molecule is CC(C)(C)c1ccc([N+]#N)cc1[N+](=O)[O-].[Cl-]. The van der Waals surface area contributed by atoms with Gasteiger partial charge in [-0.25, -0.2) is 0 Å². The first kappa shape index (κ1) is 14.3. The average Bonchev–Trinajstić information content (AvgIpc) is 2.15. The molecule has 0 spiro atoms. The number of hydrogen-bond donors (Lipinski definition) is 0. The lowest BCUT2D eigenvalue weighted by Crippen LogP contribution is -3.00. The minimum atomic E-state index is -0.463. The predicted octanol–water partition coefficient (Wildman–Crippen LogP) is 0.381. The molecular formula is C10H12ClN3O2. The minimum absolute atomic E-state index is 0. The van der Waals surface area contributed by atoms with Gasteiger partial charge < -0.3 is 12.4 Å². The Balaban J connectivity index is 0.00000225. The molecule has 0 radical (unpaired) electrons. The van der Waals surface area contributed by atoms with Crippen LogP contribution in [0.3, 0.4) is 0 Å². The van der Waals surface area contributed by atoms with Crippen molar-refractivity contribution in [3.63, 3.8) is 0 Å². The Morgan fingerprint density at radius 2 is 1.94 bits per heavy atom. The highest BCUT2D eigenvalue weighted by atomic mass is 35.5.